The molecular weight excluding hydrogens is 404 g/mol. The number of hydrogen-bond donors (Lipinski definition) is 0. The summed E-state index contributed by atoms with van der Waals surface area (Å²) in [6, 6.07) is 21.8. The summed E-state index contributed by atoms with van der Waals surface area (Å²) < 4.78 is 34.3. The maximum atomic E-state index is 13.4. The molecule has 2 unspecified atom stereocenters. The Balaban J connectivity index is 1.72. The fourth-order valence-corrected chi connectivity index (χ4v) is 4.96. The lowest BCUT2D eigenvalue weighted by Gasteiger charge is -2.22. The van der Waals surface area contributed by atoms with Crippen LogP contribution in [0, 0.1) is 17.0 Å². The van der Waals surface area contributed by atoms with Gasteiger partial charge in [-0.25, -0.2) is 8.42 Å². The summed E-state index contributed by atoms with van der Waals surface area (Å²) >= 11 is 0. The summed E-state index contributed by atoms with van der Waals surface area (Å²) in [6.45, 7) is 2.12. The third kappa shape index (κ3) is 3.85. The molecule has 3 aromatic rings. The van der Waals surface area contributed by atoms with E-state index in [4.69, 9.17) is 4.74 Å². The summed E-state index contributed by atoms with van der Waals surface area (Å²) in [5.74, 6) is 0. The monoisotopic (exact) mass is 424 g/mol. The SMILES string of the molecule is Cc1ccc(C2CN(S(=O)(=O)c3ccc([N+](=O)[O-])cc3)C(c3ccccc3)O2)cc1. The van der Waals surface area contributed by atoms with Crippen LogP contribution in [0.25, 0.3) is 0 Å². The van der Waals surface area contributed by atoms with Gasteiger partial charge in [-0.1, -0.05) is 60.2 Å². The number of aryl methyl sites for hydroxylation is 1. The lowest BCUT2D eigenvalue weighted by Crippen LogP contribution is -2.31. The average molecular weight is 424 g/mol. The summed E-state index contributed by atoms with van der Waals surface area (Å²) in [6.07, 6.45) is -1.22. The molecule has 0 radical (unpaired) electrons. The smallest absolute Gasteiger partial charge is 0.269 e. The Hall–Kier alpha value is -3.07. The molecule has 4 rings (SSSR count). The van der Waals surface area contributed by atoms with Crippen molar-refractivity contribution >= 4 is 15.7 Å². The van der Waals surface area contributed by atoms with Gasteiger partial charge in [-0.05, 0) is 30.2 Å². The zero-order valence-electron chi connectivity index (χ0n) is 16.2. The molecule has 1 aliphatic rings. The first kappa shape index (κ1) is 20.2. The van der Waals surface area contributed by atoms with Crippen molar-refractivity contribution in [3.63, 3.8) is 0 Å². The number of nitrogens with zero attached hydrogens (tertiary/aromatic N) is 2. The quantitative estimate of drug-likeness (QED) is 0.448. The highest BCUT2D eigenvalue weighted by atomic mass is 32.2. The Morgan fingerprint density at radius 2 is 1.57 bits per heavy atom. The van der Waals surface area contributed by atoms with Crippen LogP contribution in [-0.4, -0.2) is 24.2 Å². The number of nitro groups is 1. The minimum Gasteiger partial charge on any atom is -0.349 e. The molecule has 1 saturated heterocycles. The highest BCUT2D eigenvalue weighted by molar-refractivity contribution is 7.89. The number of hydrogen-bond acceptors (Lipinski definition) is 5. The lowest BCUT2D eigenvalue weighted by atomic mass is 10.1. The molecule has 2 atom stereocenters. The largest absolute Gasteiger partial charge is 0.349 e. The maximum Gasteiger partial charge on any atom is 0.269 e. The van der Waals surface area contributed by atoms with E-state index in [1.807, 2.05) is 61.5 Å². The first-order valence-electron chi connectivity index (χ1n) is 9.39. The standard InChI is InChI=1S/C22H20N2O5S/c1-16-7-9-17(10-8-16)21-15-23(22(29-21)18-5-3-2-4-6-18)30(27,28)20-13-11-19(12-14-20)24(25)26/h2-14,21-22H,15H2,1H3. The molecule has 0 spiro atoms. The van der Waals surface area contributed by atoms with Crippen molar-refractivity contribution in [3.05, 3.63) is 106 Å². The van der Waals surface area contributed by atoms with Crippen molar-refractivity contribution in [1.29, 1.82) is 0 Å². The maximum absolute atomic E-state index is 13.4. The third-order valence-electron chi connectivity index (χ3n) is 5.09. The Morgan fingerprint density at radius 3 is 2.17 bits per heavy atom. The molecular formula is C22H20N2O5S. The number of sulfonamides is 1. The fraction of sp³-hybridized carbons (Fsp3) is 0.182. The first-order valence-corrected chi connectivity index (χ1v) is 10.8. The van der Waals surface area contributed by atoms with Gasteiger partial charge in [0.1, 0.15) is 0 Å². The van der Waals surface area contributed by atoms with Gasteiger partial charge in [-0.15, -0.1) is 0 Å². The molecule has 1 fully saturated rings. The van der Waals surface area contributed by atoms with Gasteiger partial charge in [-0.2, -0.15) is 4.31 Å². The average Bonchev–Trinajstić information content (AvgIpc) is 3.21. The molecule has 30 heavy (non-hydrogen) atoms. The van der Waals surface area contributed by atoms with E-state index in [1.54, 1.807) is 0 Å². The van der Waals surface area contributed by atoms with Crippen LogP contribution in [-0.2, 0) is 14.8 Å². The van der Waals surface area contributed by atoms with Crippen molar-refractivity contribution in [3.8, 4) is 0 Å². The van der Waals surface area contributed by atoms with Gasteiger partial charge >= 0.3 is 0 Å². The molecule has 1 heterocycles. The Kier molecular flexibility index (Phi) is 5.38. The second kappa shape index (κ2) is 7.98. The number of benzene rings is 3. The molecule has 0 saturated carbocycles. The third-order valence-corrected chi connectivity index (χ3v) is 6.91. The van der Waals surface area contributed by atoms with E-state index in [0.29, 0.717) is 0 Å². The van der Waals surface area contributed by atoms with Crippen LogP contribution in [0.3, 0.4) is 0 Å². The van der Waals surface area contributed by atoms with Gasteiger partial charge in [0, 0.05) is 18.7 Å². The number of nitro benzene ring substituents is 1. The molecule has 0 aromatic heterocycles. The first-order chi connectivity index (χ1) is 14.4. The summed E-state index contributed by atoms with van der Waals surface area (Å²) in [4.78, 5) is 10.3. The number of rotatable bonds is 5. The normalized spacial score (nSPS) is 19.6. The summed E-state index contributed by atoms with van der Waals surface area (Å²) in [7, 11) is -3.94. The molecule has 1 aliphatic heterocycles. The Labute approximate surface area is 174 Å². The molecule has 0 N–H and O–H groups in total. The lowest BCUT2D eigenvalue weighted by molar-refractivity contribution is -0.384. The van der Waals surface area contributed by atoms with Crippen LogP contribution in [0.15, 0.2) is 83.8 Å². The van der Waals surface area contributed by atoms with Crippen LogP contribution >= 0.6 is 0 Å². The summed E-state index contributed by atoms with van der Waals surface area (Å²) in [5.41, 5.74) is 2.55. The van der Waals surface area contributed by atoms with Crippen molar-refractivity contribution in [2.24, 2.45) is 0 Å². The highest BCUT2D eigenvalue weighted by Gasteiger charge is 2.42. The minimum atomic E-state index is -3.94. The van der Waals surface area contributed by atoms with Crippen LogP contribution in [0.1, 0.15) is 29.0 Å². The van der Waals surface area contributed by atoms with Gasteiger partial charge in [-0.3, -0.25) is 10.1 Å². The minimum absolute atomic E-state index is 0.0119. The van der Waals surface area contributed by atoms with Crippen molar-refractivity contribution < 1.29 is 18.1 Å². The zero-order chi connectivity index (χ0) is 21.3. The van der Waals surface area contributed by atoms with E-state index in [-0.39, 0.29) is 17.1 Å². The predicted octanol–water partition coefficient (Wildman–Crippen LogP) is 4.36. The molecule has 7 nitrogen and oxygen atoms in total. The fourth-order valence-electron chi connectivity index (χ4n) is 3.45. The van der Waals surface area contributed by atoms with Gasteiger partial charge in [0.05, 0.1) is 15.9 Å². The topological polar surface area (TPSA) is 89.8 Å². The van der Waals surface area contributed by atoms with Gasteiger partial charge in [0.2, 0.25) is 10.0 Å². The number of ether oxygens (including phenoxy) is 1. The zero-order valence-corrected chi connectivity index (χ0v) is 17.0. The molecule has 0 aliphatic carbocycles. The predicted molar refractivity (Wildman–Crippen MR) is 111 cm³/mol. The van der Waals surface area contributed by atoms with Crippen molar-refractivity contribution in [1.82, 2.24) is 4.31 Å². The molecule has 8 heteroatoms. The highest BCUT2D eigenvalue weighted by Crippen LogP contribution is 2.41. The van der Waals surface area contributed by atoms with Crippen LogP contribution in [0.5, 0.6) is 0 Å². The second-order valence-corrected chi connectivity index (χ2v) is 9.01. The molecule has 3 aromatic carbocycles. The van der Waals surface area contributed by atoms with E-state index in [1.165, 1.54) is 28.6 Å². The van der Waals surface area contributed by atoms with E-state index in [9.17, 15) is 18.5 Å². The second-order valence-electron chi connectivity index (χ2n) is 7.12. The summed E-state index contributed by atoms with van der Waals surface area (Å²) in [5, 5.41) is 10.9. The molecule has 0 bridgehead atoms. The Bertz CT molecular complexity index is 1150. The van der Waals surface area contributed by atoms with Crippen LogP contribution in [0.2, 0.25) is 0 Å². The van der Waals surface area contributed by atoms with E-state index >= 15 is 0 Å². The Morgan fingerprint density at radius 1 is 0.933 bits per heavy atom. The van der Waals surface area contributed by atoms with E-state index in [2.05, 4.69) is 0 Å². The van der Waals surface area contributed by atoms with Crippen molar-refractivity contribution in [2.75, 3.05) is 6.54 Å². The van der Waals surface area contributed by atoms with Gasteiger partial charge in [0.25, 0.3) is 5.69 Å². The van der Waals surface area contributed by atoms with Crippen LogP contribution in [0.4, 0.5) is 5.69 Å². The van der Waals surface area contributed by atoms with Gasteiger partial charge < -0.3 is 4.74 Å². The molecule has 0 amide bonds. The molecule has 154 valence electrons. The van der Waals surface area contributed by atoms with Crippen LogP contribution < -0.4 is 0 Å². The van der Waals surface area contributed by atoms with E-state index < -0.39 is 27.3 Å². The van der Waals surface area contributed by atoms with Crippen molar-refractivity contribution in [2.45, 2.75) is 24.2 Å². The van der Waals surface area contributed by atoms with Gasteiger partial charge in [0.15, 0.2) is 6.23 Å². The van der Waals surface area contributed by atoms with E-state index in [0.717, 1.165) is 16.7 Å². The number of non-ortho nitro benzene ring substituents is 1.